The molecule has 0 aromatic heterocycles. The van der Waals surface area contributed by atoms with E-state index in [4.69, 9.17) is 4.74 Å². The lowest BCUT2D eigenvalue weighted by atomic mass is 9.66. The monoisotopic (exact) mass is 397 g/mol. The van der Waals surface area contributed by atoms with Gasteiger partial charge >= 0.3 is 5.97 Å². The van der Waals surface area contributed by atoms with Crippen molar-refractivity contribution in [2.45, 2.75) is 18.4 Å². The minimum Gasteiger partial charge on any atom is -0.425 e. The summed E-state index contributed by atoms with van der Waals surface area (Å²) in [5, 5.41) is 0. The zero-order valence-electron chi connectivity index (χ0n) is 16.2. The predicted molar refractivity (Wildman–Crippen MR) is 109 cm³/mol. The Labute approximate surface area is 173 Å². The third-order valence-electron chi connectivity index (χ3n) is 6.02. The number of para-hydroxylation sites is 1. The number of fused-ring (bicyclic) bond motifs is 1. The minimum atomic E-state index is -1.34. The van der Waals surface area contributed by atoms with E-state index in [2.05, 4.69) is 0 Å². The van der Waals surface area contributed by atoms with E-state index in [0.29, 0.717) is 16.9 Å². The summed E-state index contributed by atoms with van der Waals surface area (Å²) in [6.07, 6.45) is -0.0377. The summed E-state index contributed by atoms with van der Waals surface area (Å²) in [4.78, 5) is 41.1. The number of ether oxygens (including phenoxy) is 1. The number of likely N-dealkylation sites (tertiary alicyclic amines) is 1. The minimum absolute atomic E-state index is 0.0377. The van der Waals surface area contributed by atoms with E-state index < -0.39 is 17.3 Å². The van der Waals surface area contributed by atoms with Crippen LogP contribution in [-0.4, -0.2) is 22.7 Å². The summed E-state index contributed by atoms with van der Waals surface area (Å²) in [7, 11) is 0. The lowest BCUT2D eigenvalue weighted by molar-refractivity contribution is -0.145. The Bertz CT molecular complexity index is 1140. The first kappa shape index (κ1) is 18.3. The Kier molecular flexibility index (Phi) is 4.24. The molecule has 2 aliphatic rings. The number of hydrogen-bond donors (Lipinski definition) is 0. The van der Waals surface area contributed by atoms with Crippen molar-refractivity contribution in [1.29, 1.82) is 0 Å². The quantitative estimate of drug-likeness (QED) is 0.384. The van der Waals surface area contributed by atoms with Crippen LogP contribution in [0.4, 0.5) is 0 Å². The van der Waals surface area contributed by atoms with Crippen molar-refractivity contribution in [2.75, 3.05) is 0 Å². The van der Waals surface area contributed by atoms with E-state index in [0.717, 1.165) is 5.56 Å². The van der Waals surface area contributed by atoms with Gasteiger partial charge in [-0.25, -0.2) is 0 Å². The molecule has 148 valence electrons. The summed E-state index contributed by atoms with van der Waals surface area (Å²) in [5.41, 5.74) is 0.820. The zero-order valence-corrected chi connectivity index (χ0v) is 16.2. The number of esters is 1. The molecule has 3 aromatic carbocycles. The maximum absolute atomic E-state index is 13.5. The molecule has 30 heavy (non-hydrogen) atoms. The van der Waals surface area contributed by atoms with E-state index in [1.807, 2.05) is 72.8 Å². The van der Waals surface area contributed by atoms with Gasteiger partial charge in [-0.3, -0.25) is 19.3 Å². The van der Waals surface area contributed by atoms with E-state index in [1.165, 1.54) is 4.90 Å². The van der Waals surface area contributed by atoms with Crippen LogP contribution in [0.15, 0.2) is 84.9 Å². The van der Waals surface area contributed by atoms with Gasteiger partial charge in [0, 0.05) is 12.0 Å². The second-order valence-electron chi connectivity index (χ2n) is 7.62. The summed E-state index contributed by atoms with van der Waals surface area (Å²) < 4.78 is 5.61. The fraction of sp³-hybridized carbons (Fsp3) is 0.160. The first-order chi connectivity index (χ1) is 14.6. The van der Waals surface area contributed by atoms with Crippen LogP contribution >= 0.6 is 0 Å². The van der Waals surface area contributed by atoms with Crippen molar-refractivity contribution < 1.29 is 19.1 Å². The molecular weight excluding hydrogens is 378 g/mol. The largest absolute Gasteiger partial charge is 0.425 e. The maximum atomic E-state index is 13.5. The first-order valence-corrected chi connectivity index (χ1v) is 9.88. The van der Waals surface area contributed by atoms with Crippen molar-refractivity contribution >= 4 is 17.8 Å². The van der Waals surface area contributed by atoms with E-state index in [1.54, 1.807) is 12.1 Å². The number of imide groups is 1. The molecule has 2 aliphatic heterocycles. The highest BCUT2D eigenvalue weighted by molar-refractivity contribution is 6.09. The van der Waals surface area contributed by atoms with Gasteiger partial charge in [-0.2, -0.15) is 0 Å². The second kappa shape index (κ2) is 6.95. The summed E-state index contributed by atoms with van der Waals surface area (Å²) in [6, 6.07) is 25.7. The van der Waals surface area contributed by atoms with Crippen LogP contribution in [0.1, 0.15) is 23.1 Å². The fourth-order valence-electron chi connectivity index (χ4n) is 4.63. The van der Waals surface area contributed by atoms with Gasteiger partial charge in [0.15, 0.2) is 0 Å². The number of nitrogens with zero attached hydrogens (tertiary/aromatic N) is 1. The lowest BCUT2D eigenvalue weighted by Gasteiger charge is -2.31. The first-order valence-electron chi connectivity index (χ1n) is 9.88. The second-order valence-corrected chi connectivity index (χ2v) is 7.62. The lowest BCUT2D eigenvalue weighted by Crippen LogP contribution is -2.46. The van der Waals surface area contributed by atoms with Gasteiger partial charge in [0.2, 0.25) is 11.8 Å². The van der Waals surface area contributed by atoms with Crippen molar-refractivity contribution in [2.24, 2.45) is 5.92 Å². The molecule has 2 atom stereocenters. The van der Waals surface area contributed by atoms with E-state index in [9.17, 15) is 14.4 Å². The average Bonchev–Trinajstić information content (AvgIpc) is 3.23. The van der Waals surface area contributed by atoms with Crippen LogP contribution in [-0.2, 0) is 26.3 Å². The fourth-order valence-corrected chi connectivity index (χ4v) is 4.63. The topological polar surface area (TPSA) is 63.7 Å². The molecule has 0 bridgehead atoms. The molecule has 0 aliphatic carbocycles. The van der Waals surface area contributed by atoms with Crippen molar-refractivity contribution in [3.8, 4) is 5.75 Å². The van der Waals surface area contributed by atoms with Crippen molar-refractivity contribution in [3.05, 3.63) is 102 Å². The Hall–Kier alpha value is -3.73. The molecule has 1 fully saturated rings. The van der Waals surface area contributed by atoms with Gasteiger partial charge in [-0.1, -0.05) is 78.9 Å². The molecule has 3 aromatic rings. The number of rotatable bonds is 4. The highest BCUT2D eigenvalue weighted by Crippen LogP contribution is 2.52. The molecule has 0 unspecified atom stereocenters. The van der Waals surface area contributed by atoms with Gasteiger partial charge < -0.3 is 4.74 Å². The van der Waals surface area contributed by atoms with Gasteiger partial charge in [0.25, 0.3) is 0 Å². The Morgan fingerprint density at radius 1 is 0.833 bits per heavy atom. The molecule has 5 nitrogen and oxygen atoms in total. The number of benzene rings is 3. The van der Waals surface area contributed by atoms with Gasteiger partial charge in [0.1, 0.15) is 11.2 Å². The Balaban J connectivity index is 1.63. The summed E-state index contributed by atoms with van der Waals surface area (Å²) >= 11 is 0. The highest BCUT2D eigenvalue weighted by atomic mass is 16.5. The zero-order chi connectivity index (χ0) is 20.7. The summed E-state index contributed by atoms with van der Waals surface area (Å²) in [6.45, 7) is 0.191. The van der Waals surface area contributed by atoms with E-state index in [-0.39, 0.29) is 24.8 Å². The molecule has 5 rings (SSSR count). The molecular formula is C25H19NO4. The standard InChI is InChI=1S/C25H19NO4/c27-22-15-20(23(28)26(22)16-17-9-3-1-4-10-17)25(18-11-5-2-6-12-18)19-13-7-8-14-21(19)30-24(25)29/h1-14,20H,15-16H2/t20-,25+/m1/s1. The van der Waals surface area contributed by atoms with Gasteiger partial charge in [0.05, 0.1) is 12.5 Å². The third kappa shape index (κ3) is 2.59. The Morgan fingerprint density at radius 2 is 1.47 bits per heavy atom. The molecule has 0 saturated carbocycles. The van der Waals surface area contributed by atoms with Crippen LogP contribution in [0.3, 0.4) is 0 Å². The Morgan fingerprint density at radius 3 is 2.20 bits per heavy atom. The van der Waals surface area contributed by atoms with Crippen LogP contribution in [0.2, 0.25) is 0 Å². The molecule has 1 saturated heterocycles. The van der Waals surface area contributed by atoms with Crippen LogP contribution in [0, 0.1) is 5.92 Å². The molecule has 0 spiro atoms. The molecule has 0 radical (unpaired) electrons. The predicted octanol–water partition coefficient (Wildman–Crippen LogP) is 3.47. The highest BCUT2D eigenvalue weighted by Gasteiger charge is 2.61. The number of carbonyl (C=O) groups is 3. The average molecular weight is 397 g/mol. The van der Waals surface area contributed by atoms with Crippen LogP contribution < -0.4 is 4.74 Å². The smallest absolute Gasteiger partial charge is 0.327 e. The number of carbonyl (C=O) groups excluding carboxylic acids is 3. The van der Waals surface area contributed by atoms with Crippen LogP contribution in [0.5, 0.6) is 5.75 Å². The van der Waals surface area contributed by atoms with Crippen molar-refractivity contribution in [3.63, 3.8) is 0 Å². The van der Waals surface area contributed by atoms with Crippen LogP contribution in [0.25, 0.3) is 0 Å². The van der Waals surface area contributed by atoms with Gasteiger partial charge in [-0.15, -0.1) is 0 Å². The maximum Gasteiger partial charge on any atom is 0.327 e. The molecule has 0 N–H and O–H groups in total. The van der Waals surface area contributed by atoms with Crippen molar-refractivity contribution in [1.82, 2.24) is 4.90 Å². The molecule has 5 heteroatoms. The third-order valence-corrected chi connectivity index (χ3v) is 6.02. The normalized spacial score (nSPS) is 22.9. The number of hydrogen-bond acceptors (Lipinski definition) is 4. The molecule has 2 amide bonds. The van der Waals surface area contributed by atoms with Gasteiger partial charge in [-0.05, 0) is 17.2 Å². The SMILES string of the molecule is O=C1C[C@@H]([C@@]2(c3ccccc3)C(=O)Oc3ccccc32)C(=O)N1Cc1ccccc1. The summed E-state index contributed by atoms with van der Waals surface area (Å²) in [5.74, 6) is -1.55. The molecule has 2 heterocycles. The number of amides is 2. The van der Waals surface area contributed by atoms with E-state index >= 15 is 0 Å².